The number of benzene rings is 2. The van der Waals surface area contributed by atoms with Crippen LogP contribution >= 0.6 is 23.2 Å². The summed E-state index contributed by atoms with van der Waals surface area (Å²) in [5.41, 5.74) is 0.462. The van der Waals surface area contributed by atoms with Crippen LogP contribution in [0, 0.1) is 0 Å². The summed E-state index contributed by atoms with van der Waals surface area (Å²) in [4.78, 5) is 26.1. The summed E-state index contributed by atoms with van der Waals surface area (Å²) in [7, 11) is -2.22. The molecule has 1 N–H and O–H groups in total. The number of hydrogen-bond acceptors (Lipinski definition) is 4. The van der Waals surface area contributed by atoms with Crippen LogP contribution in [0.4, 0.5) is 5.69 Å². The Labute approximate surface area is 174 Å². The highest BCUT2D eigenvalue weighted by molar-refractivity contribution is 7.92. The first-order valence-electron chi connectivity index (χ1n) is 8.37. The molecule has 2 rings (SSSR count). The number of sulfone groups is 1. The van der Waals surface area contributed by atoms with E-state index < -0.39 is 26.9 Å². The lowest BCUT2D eigenvalue weighted by atomic mass is 10.2. The average Bonchev–Trinajstić information content (AvgIpc) is 2.63. The van der Waals surface area contributed by atoms with Gasteiger partial charge in [0.25, 0.3) is 5.91 Å². The van der Waals surface area contributed by atoms with Gasteiger partial charge in [-0.25, -0.2) is 8.42 Å². The number of anilines is 1. The van der Waals surface area contributed by atoms with Crippen LogP contribution in [0.15, 0.2) is 47.4 Å². The maximum absolute atomic E-state index is 12.8. The van der Waals surface area contributed by atoms with E-state index in [2.05, 4.69) is 5.32 Å². The first-order chi connectivity index (χ1) is 13.0. The van der Waals surface area contributed by atoms with E-state index in [1.165, 1.54) is 25.2 Å². The fourth-order valence-corrected chi connectivity index (χ4v) is 3.95. The summed E-state index contributed by atoms with van der Waals surface area (Å²) < 4.78 is 25.1. The van der Waals surface area contributed by atoms with E-state index in [0.29, 0.717) is 10.7 Å². The molecule has 28 heavy (non-hydrogen) atoms. The van der Waals surface area contributed by atoms with Gasteiger partial charge in [0.05, 0.1) is 32.3 Å². The minimum atomic E-state index is -3.65. The van der Waals surface area contributed by atoms with Crippen LogP contribution in [0.2, 0.25) is 10.0 Å². The van der Waals surface area contributed by atoms with E-state index >= 15 is 0 Å². The Hall–Kier alpha value is -2.09. The third kappa shape index (κ3) is 5.04. The molecule has 9 heteroatoms. The van der Waals surface area contributed by atoms with Crippen molar-refractivity contribution in [1.82, 2.24) is 4.90 Å². The Kier molecular flexibility index (Phi) is 7.09. The predicted octanol–water partition coefficient (Wildman–Crippen LogP) is 3.89. The van der Waals surface area contributed by atoms with Crippen LogP contribution in [0.3, 0.4) is 0 Å². The van der Waals surface area contributed by atoms with Gasteiger partial charge < -0.3 is 10.2 Å². The van der Waals surface area contributed by atoms with Gasteiger partial charge in [-0.3, -0.25) is 9.59 Å². The summed E-state index contributed by atoms with van der Waals surface area (Å²) >= 11 is 11.8. The Morgan fingerprint density at radius 1 is 1.07 bits per heavy atom. The number of nitrogens with zero attached hydrogens (tertiary/aromatic N) is 1. The first kappa shape index (κ1) is 22.2. The van der Waals surface area contributed by atoms with Gasteiger partial charge in [0.1, 0.15) is 0 Å². The van der Waals surface area contributed by atoms with Crippen molar-refractivity contribution in [2.24, 2.45) is 0 Å². The zero-order valence-corrected chi connectivity index (χ0v) is 17.9. The molecule has 0 radical (unpaired) electrons. The molecule has 0 aromatic heterocycles. The summed E-state index contributed by atoms with van der Waals surface area (Å²) in [6, 6.07) is 10.6. The molecule has 0 bridgehead atoms. The summed E-state index contributed by atoms with van der Waals surface area (Å²) in [5.74, 6) is -1.03. The number of hydrogen-bond donors (Lipinski definition) is 1. The second-order valence-electron chi connectivity index (χ2n) is 6.43. The monoisotopic (exact) mass is 442 g/mol. The summed E-state index contributed by atoms with van der Waals surface area (Å²) in [6.07, 6.45) is 0. The minimum Gasteiger partial charge on any atom is -0.332 e. The van der Waals surface area contributed by atoms with Gasteiger partial charge in [-0.05, 0) is 44.2 Å². The molecule has 6 nitrogen and oxygen atoms in total. The molecule has 0 atom stereocenters. The highest BCUT2D eigenvalue weighted by Gasteiger charge is 2.27. The number of nitrogens with one attached hydrogen (secondary N) is 1. The van der Waals surface area contributed by atoms with Gasteiger partial charge in [0.15, 0.2) is 9.84 Å². The second-order valence-corrected chi connectivity index (χ2v) is 9.72. The van der Waals surface area contributed by atoms with Crippen LogP contribution in [-0.2, 0) is 14.6 Å². The normalized spacial score (nSPS) is 11.4. The van der Waals surface area contributed by atoms with E-state index in [9.17, 15) is 18.0 Å². The topological polar surface area (TPSA) is 83.6 Å². The molecule has 2 aromatic carbocycles. The molecule has 0 saturated heterocycles. The van der Waals surface area contributed by atoms with Crippen molar-refractivity contribution in [3.63, 3.8) is 0 Å². The zero-order chi connectivity index (χ0) is 21.1. The lowest BCUT2D eigenvalue weighted by molar-refractivity contribution is -0.116. The average molecular weight is 443 g/mol. The summed E-state index contributed by atoms with van der Waals surface area (Å²) in [6.45, 7) is 2.82. The standard InChI is InChI=1S/C19H20Cl2N2O4S/c1-12(2)28(26,27)17-7-5-4-6-14(17)19(25)23(3)11-18(24)22-13-8-9-15(20)16(21)10-13/h4-10,12H,11H2,1-3H3,(H,22,24). The van der Waals surface area contributed by atoms with Crippen molar-refractivity contribution in [1.29, 1.82) is 0 Å². The molecule has 2 aromatic rings. The number of rotatable bonds is 6. The molecule has 0 saturated carbocycles. The van der Waals surface area contributed by atoms with Crippen LogP contribution in [-0.4, -0.2) is 44.0 Å². The fourth-order valence-electron chi connectivity index (χ4n) is 2.41. The van der Waals surface area contributed by atoms with E-state index in [4.69, 9.17) is 23.2 Å². The molecule has 0 aliphatic rings. The van der Waals surface area contributed by atoms with Crippen molar-refractivity contribution < 1.29 is 18.0 Å². The third-order valence-electron chi connectivity index (χ3n) is 3.98. The van der Waals surface area contributed by atoms with Crippen molar-refractivity contribution in [3.05, 3.63) is 58.1 Å². The highest BCUT2D eigenvalue weighted by atomic mass is 35.5. The van der Waals surface area contributed by atoms with E-state index in [1.807, 2.05) is 0 Å². The molecule has 0 unspecified atom stereocenters. The Morgan fingerprint density at radius 2 is 1.71 bits per heavy atom. The van der Waals surface area contributed by atoms with Gasteiger partial charge >= 0.3 is 0 Å². The molecule has 150 valence electrons. The summed E-state index contributed by atoms with van der Waals surface area (Å²) in [5, 5.41) is 2.58. The molecular formula is C19H20Cl2N2O4S. The third-order valence-corrected chi connectivity index (χ3v) is 6.92. The Morgan fingerprint density at radius 3 is 2.32 bits per heavy atom. The Balaban J connectivity index is 2.17. The smallest absolute Gasteiger partial charge is 0.255 e. The first-order valence-corrected chi connectivity index (χ1v) is 10.7. The molecule has 2 amide bonds. The fraction of sp³-hybridized carbons (Fsp3) is 0.263. The number of amides is 2. The van der Waals surface area contributed by atoms with Crippen molar-refractivity contribution in [3.8, 4) is 0 Å². The zero-order valence-electron chi connectivity index (χ0n) is 15.6. The largest absolute Gasteiger partial charge is 0.332 e. The maximum Gasteiger partial charge on any atom is 0.255 e. The number of carbonyl (C=O) groups excluding carboxylic acids is 2. The van der Waals surface area contributed by atoms with Crippen molar-refractivity contribution in [2.75, 3.05) is 18.9 Å². The van der Waals surface area contributed by atoms with Gasteiger partial charge in [-0.15, -0.1) is 0 Å². The van der Waals surface area contributed by atoms with Crippen molar-refractivity contribution in [2.45, 2.75) is 24.0 Å². The van der Waals surface area contributed by atoms with Crippen LogP contribution in [0.25, 0.3) is 0 Å². The lowest BCUT2D eigenvalue weighted by Crippen LogP contribution is -2.35. The van der Waals surface area contributed by atoms with Crippen molar-refractivity contribution >= 4 is 50.5 Å². The predicted molar refractivity (Wildman–Crippen MR) is 111 cm³/mol. The number of halogens is 2. The second kappa shape index (κ2) is 8.94. The van der Waals surface area contributed by atoms with Gasteiger partial charge in [0.2, 0.25) is 5.91 Å². The van der Waals surface area contributed by atoms with Gasteiger partial charge in [-0.2, -0.15) is 0 Å². The minimum absolute atomic E-state index is 0.0287. The SMILES string of the molecule is CC(C)S(=O)(=O)c1ccccc1C(=O)N(C)CC(=O)Nc1ccc(Cl)c(Cl)c1. The molecule has 0 fully saturated rings. The van der Waals surface area contributed by atoms with Crippen LogP contribution in [0.5, 0.6) is 0 Å². The molecule has 0 heterocycles. The number of likely N-dealkylation sites (N-methyl/N-ethyl adjacent to an activating group) is 1. The van der Waals surface area contributed by atoms with Crippen LogP contribution < -0.4 is 5.32 Å². The van der Waals surface area contributed by atoms with E-state index in [0.717, 1.165) is 4.90 Å². The lowest BCUT2D eigenvalue weighted by Gasteiger charge is -2.19. The van der Waals surface area contributed by atoms with Crippen LogP contribution in [0.1, 0.15) is 24.2 Å². The van der Waals surface area contributed by atoms with E-state index in [1.54, 1.807) is 38.1 Å². The maximum atomic E-state index is 12.8. The quantitative estimate of drug-likeness (QED) is 0.735. The van der Waals surface area contributed by atoms with Gasteiger partial charge in [0, 0.05) is 12.7 Å². The molecule has 0 aliphatic heterocycles. The highest BCUT2D eigenvalue weighted by Crippen LogP contribution is 2.25. The molecule has 0 aliphatic carbocycles. The van der Waals surface area contributed by atoms with Gasteiger partial charge in [-0.1, -0.05) is 35.3 Å². The molecular weight excluding hydrogens is 423 g/mol. The molecule has 0 spiro atoms. The Bertz CT molecular complexity index is 1010. The van der Waals surface area contributed by atoms with E-state index in [-0.39, 0.29) is 22.0 Å². The number of carbonyl (C=O) groups is 2.